The van der Waals surface area contributed by atoms with Crippen molar-refractivity contribution in [3.8, 4) is 0 Å². The van der Waals surface area contributed by atoms with Crippen LogP contribution < -0.4 is 10.6 Å². The molecular weight excluding hydrogens is 216 g/mol. The Morgan fingerprint density at radius 1 is 1.27 bits per heavy atom. The van der Waals surface area contributed by atoms with E-state index < -0.39 is 17.3 Å². The topological polar surface area (TPSA) is 58.2 Å². The molecule has 2 N–H and O–H groups in total. The van der Waals surface area contributed by atoms with Crippen LogP contribution in [0.15, 0.2) is 0 Å². The summed E-state index contributed by atoms with van der Waals surface area (Å²) in [6.45, 7) is 1.53. The predicted octanol–water partition coefficient (Wildman–Crippen LogP) is 1.77. The lowest BCUT2D eigenvalue weighted by molar-refractivity contribution is -0.119. The van der Waals surface area contributed by atoms with Gasteiger partial charge in [-0.15, -0.1) is 11.6 Å². The molecule has 0 aromatic heterocycles. The summed E-state index contributed by atoms with van der Waals surface area (Å²) in [4.78, 5) is 22.4. The molecule has 0 heterocycles. The molecule has 1 atom stereocenters. The average molecular weight is 233 g/mol. The molecule has 0 bridgehead atoms. The van der Waals surface area contributed by atoms with Crippen LogP contribution in [0.25, 0.3) is 0 Å². The summed E-state index contributed by atoms with van der Waals surface area (Å²) in [5.41, 5.74) is 0. The SMILES string of the molecule is C[C@H](Cl)C(=O)NC(=O)NC1CCCCC1. The lowest BCUT2D eigenvalue weighted by Crippen LogP contribution is -2.46. The molecule has 86 valence electrons. The lowest BCUT2D eigenvalue weighted by Gasteiger charge is -2.22. The highest BCUT2D eigenvalue weighted by molar-refractivity contribution is 6.31. The monoisotopic (exact) mass is 232 g/mol. The van der Waals surface area contributed by atoms with Gasteiger partial charge in [0.2, 0.25) is 5.91 Å². The van der Waals surface area contributed by atoms with E-state index >= 15 is 0 Å². The van der Waals surface area contributed by atoms with Crippen LogP contribution in [0.3, 0.4) is 0 Å². The molecule has 0 unspecified atom stereocenters. The molecule has 0 aromatic carbocycles. The third-order valence-corrected chi connectivity index (χ3v) is 2.74. The average Bonchev–Trinajstić information content (AvgIpc) is 2.18. The second kappa shape index (κ2) is 5.95. The van der Waals surface area contributed by atoms with E-state index in [9.17, 15) is 9.59 Å². The summed E-state index contributed by atoms with van der Waals surface area (Å²) in [5, 5.41) is 4.30. The first-order valence-electron chi connectivity index (χ1n) is 5.35. The maximum Gasteiger partial charge on any atom is 0.321 e. The molecule has 4 nitrogen and oxygen atoms in total. The van der Waals surface area contributed by atoms with Crippen LogP contribution in [-0.4, -0.2) is 23.4 Å². The van der Waals surface area contributed by atoms with E-state index in [1.807, 2.05) is 0 Å². The number of urea groups is 1. The van der Waals surface area contributed by atoms with Crippen molar-refractivity contribution < 1.29 is 9.59 Å². The molecule has 0 saturated heterocycles. The summed E-state index contributed by atoms with van der Waals surface area (Å²) in [6.07, 6.45) is 5.52. The molecule has 1 rings (SSSR count). The van der Waals surface area contributed by atoms with E-state index in [4.69, 9.17) is 11.6 Å². The van der Waals surface area contributed by atoms with Crippen LogP contribution in [0.5, 0.6) is 0 Å². The number of alkyl halides is 1. The molecule has 5 heteroatoms. The molecule has 15 heavy (non-hydrogen) atoms. The summed E-state index contributed by atoms with van der Waals surface area (Å²) >= 11 is 5.52. The van der Waals surface area contributed by atoms with Crippen molar-refractivity contribution in [3.63, 3.8) is 0 Å². The van der Waals surface area contributed by atoms with Crippen molar-refractivity contribution in [3.05, 3.63) is 0 Å². The van der Waals surface area contributed by atoms with Gasteiger partial charge >= 0.3 is 6.03 Å². The Hall–Kier alpha value is -0.770. The van der Waals surface area contributed by atoms with Crippen LogP contribution in [0.1, 0.15) is 39.0 Å². The Labute approximate surface area is 94.7 Å². The van der Waals surface area contributed by atoms with Crippen molar-refractivity contribution in [2.75, 3.05) is 0 Å². The zero-order chi connectivity index (χ0) is 11.3. The molecule has 1 fully saturated rings. The number of rotatable bonds is 2. The van der Waals surface area contributed by atoms with Crippen molar-refractivity contribution >= 4 is 23.5 Å². The van der Waals surface area contributed by atoms with Gasteiger partial charge in [0.05, 0.1) is 0 Å². The Morgan fingerprint density at radius 2 is 1.87 bits per heavy atom. The van der Waals surface area contributed by atoms with Gasteiger partial charge < -0.3 is 5.32 Å². The van der Waals surface area contributed by atoms with Crippen molar-refractivity contribution in [1.29, 1.82) is 0 Å². The maximum atomic E-state index is 11.3. The highest BCUT2D eigenvalue weighted by Gasteiger charge is 2.18. The minimum atomic E-state index is -0.679. The first-order chi connectivity index (χ1) is 7.09. The number of carbonyl (C=O) groups excluding carboxylic acids is 2. The van der Waals surface area contributed by atoms with Crippen molar-refractivity contribution in [2.24, 2.45) is 0 Å². The summed E-state index contributed by atoms with van der Waals surface area (Å²) < 4.78 is 0. The van der Waals surface area contributed by atoms with E-state index in [2.05, 4.69) is 10.6 Å². The number of carbonyl (C=O) groups is 2. The quantitative estimate of drug-likeness (QED) is 0.713. The normalized spacial score (nSPS) is 19.3. The van der Waals surface area contributed by atoms with Gasteiger partial charge in [-0.1, -0.05) is 19.3 Å². The Balaban J connectivity index is 2.25. The van der Waals surface area contributed by atoms with Crippen LogP contribution >= 0.6 is 11.6 Å². The number of hydrogen-bond acceptors (Lipinski definition) is 2. The zero-order valence-corrected chi connectivity index (χ0v) is 9.64. The predicted molar refractivity (Wildman–Crippen MR) is 58.9 cm³/mol. The van der Waals surface area contributed by atoms with E-state index in [1.165, 1.54) is 13.3 Å². The van der Waals surface area contributed by atoms with Crippen molar-refractivity contribution in [2.45, 2.75) is 50.4 Å². The number of halogens is 1. The van der Waals surface area contributed by atoms with E-state index in [0.29, 0.717) is 0 Å². The number of hydrogen-bond donors (Lipinski definition) is 2. The highest BCUT2D eigenvalue weighted by atomic mass is 35.5. The fourth-order valence-electron chi connectivity index (χ4n) is 1.68. The Bertz CT molecular complexity index is 238. The molecule has 1 aliphatic rings. The molecule has 0 aromatic rings. The number of imide groups is 1. The fourth-order valence-corrected chi connectivity index (χ4v) is 1.73. The smallest absolute Gasteiger partial charge is 0.321 e. The molecule has 1 aliphatic carbocycles. The van der Waals surface area contributed by atoms with Gasteiger partial charge in [-0.05, 0) is 19.8 Å². The molecule has 0 aliphatic heterocycles. The largest absolute Gasteiger partial charge is 0.335 e. The van der Waals surface area contributed by atoms with E-state index in [0.717, 1.165) is 25.7 Å². The molecule has 0 spiro atoms. The highest BCUT2D eigenvalue weighted by Crippen LogP contribution is 2.17. The minimum absolute atomic E-state index is 0.206. The maximum absolute atomic E-state index is 11.3. The van der Waals surface area contributed by atoms with Gasteiger partial charge in [0.15, 0.2) is 0 Å². The minimum Gasteiger partial charge on any atom is -0.335 e. The second-order valence-electron chi connectivity index (χ2n) is 3.91. The molecular formula is C10H17ClN2O2. The van der Waals surface area contributed by atoms with Gasteiger partial charge in [-0.25, -0.2) is 4.79 Å². The first kappa shape index (κ1) is 12.3. The number of amides is 3. The lowest BCUT2D eigenvalue weighted by atomic mass is 9.96. The first-order valence-corrected chi connectivity index (χ1v) is 5.78. The molecule has 1 saturated carbocycles. The van der Waals surface area contributed by atoms with Crippen LogP contribution in [0.2, 0.25) is 0 Å². The van der Waals surface area contributed by atoms with Gasteiger partial charge in [0.1, 0.15) is 5.38 Å². The van der Waals surface area contributed by atoms with Gasteiger partial charge in [0, 0.05) is 6.04 Å². The molecule has 3 amide bonds. The van der Waals surface area contributed by atoms with Crippen molar-refractivity contribution in [1.82, 2.24) is 10.6 Å². The third kappa shape index (κ3) is 4.51. The van der Waals surface area contributed by atoms with Gasteiger partial charge in [-0.2, -0.15) is 0 Å². The summed E-state index contributed by atoms with van der Waals surface area (Å²) in [5.74, 6) is -0.454. The third-order valence-electron chi connectivity index (χ3n) is 2.54. The Kier molecular flexibility index (Phi) is 4.88. The number of nitrogens with one attached hydrogen (secondary N) is 2. The molecule has 0 radical (unpaired) electrons. The van der Waals surface area contributed by atoms with Gasteiger partial charge in [0.25, 0.3) is 0 Å². The summed E-state index contributed by atoms with van der Waals surface area (Å²) in [7, 11) is 0. The Morgan fingerprint density at radius 3 is 2.40 bits per heavy atom. The second-order valence-corrected chi connectivity index (χ2v) is 4.57. The van der Waals surface area contributed by atoms with Crippen LogP contribution in [-0.2, 0) is 4.79 Å². The standard InChI is InChI=1S/C10H17ClN2O2/c1-7(11)9(14)13-10(15)12-8-5-3-2-4-6-8/h7-8H,2-6H2,1H3,(H2,12,13,14,15)/t7-/m0/s1. The summed E-state index contributed by atoms with van der Waals surface area (Å²) in [6, 6.07) is -0.225. The van der Waals surface area contributed by atoms with Gasteiger partial charge in [-0.3, -0.25) is 10.1 Å². The van der Waals surface area contributed by atoms with Crippen LogP contribution in [0.4, 0.5) is 4.79 Å². The van der Waals surface area contributed by atoms with E-state index in [-0.39, 0.29) is 6.04 Å². The van der Waals surface area contributed by atoms with E-state index in [1.54, 1.807) is 0 Å². The fraction of sp³-hybridized carbons (Fsp3) is 0.800. The zero-order valence-electron chi connectivity index (χ0n) is 8.88. The van der Waals surface area contributed by atoms with Crippen LogP contribution in [0, 0.1) is 0 Å².